The molecular weight excluding hydrogens is 230 g/mol. The van der Waals surface area contributed by atoms with Gasteiger partial charge in [0.2, 0.25) is 0 Å². The number of quaternary nitrogens is 1. The molecule has 100 valence electrons. The Morgan fingerprint density at radius 1 is 1.56 bits per heavy atom. The van der Waals surface area contributed by atoms with Gasteiger partial charge >= 0.3 is 11.7 Å². The van der Waals surface area contributed by atoms with E-state index in [0.717, 1.165) is 17.4 Å². The highest BCUT2D eigenvalue weighted by atomic mass is 16.5. The molecule has 0 amide bonds. The summed E-state index contributed by atoms with van der Waals surface area (Å²) in [7, 11) is 4.17. The first-order valence-electron chi connectivity index (χ1n) is 6.02. The molecule has 0 aromatic rings. The SMILES string of the molecule is [C-]#[N+]C(=C=N)C(=O)OCC[N+](C)(C)CC(C)CC. The molecule has 0 radical (unpaired) electrons. The second-order valence-corrected chi connectivity index (χ2v) is 5.08. The summed E-state index contributed by atoms with van der Waals surface area (Å²) in [5.41, 5.74) is -0.401. The monoisotopic (exact) mass is 252 g/mol. The smallest absolute Gasteiger partial charge is 0.346 e. The van der Waals surface area contributed by atoms with Crippen LogP contribution in [0.15, 0.2) is 5.70 Å². The van der Waals surface area contributed by atoms with E-state index in [0.29, 0.717) is 12.5 Å². The van der Waals surface area contributed by atoms with Gasteiger partial charge in [0, 0.05) is 5.92 Å². The van der Waals surface area contributed by atoms with Gasteiger partial charge in [-0.15, -0.1) is 0 Å². The Bertz CT molecular complexity index is 376. The van der Waals surface area contributed by atoms with Gasteiger partial charge < -0.3 is 9.22 Å². The third-order valence-corrected chi connectivity index (χ3v) is 2.86. The van der Waals surface area contributed by atoms with Crippen LogP contribution in [0.5, 0.6) is 0 Å². The number of likely N-dealkylation sites (N-methyl/N-ethyl adjacent to an activating group) is 1. The predicted molar refractivity (Wildman–Crippen MR) is 70.1 cm³/mol. The highest BCUT2D eigenvalue weighted by Crippen LogP contribution is 2.08. The number of carbonyl (C=O) groups is 1. The fourth-order valence-corrected chi connectivity index (χ4v) is 1.64. The van der Waals surface area contributed by atoms with E-state index >= 15 is 0 Å². The highest BCUT2D eigenvalue weighted by molar-refractivity contribution is 5.99. The van der Waals surface area contributed by atoms with Crippen molar-refractivity contribution in [2.24, 2.45) is 5.92 Å². The molecule has 1 atom stereocenters. The van der Waals surface area contributed by atoms with E-state index in [1.807, 2.05) is 0 Å². The van der Waals surface area contributed by atoms with E-state index in [4.69, 9.17) is 16.7 Å². The number of nitrogens with one attached hydrogen (secondary N) is 1. The lowest BCUT2D eigenvalue weighted by Gasteiger charge is -2.31. The molecule has 0 aliphatic heterocycles. The zero-order chi connectivity index (χ0) is 14.2. The maximum absolute atomic E-state index is 11.3. The van der Waals surface area contributed by atoms with Crippen LogP contribution in [0.1, 0.15) is 20.3 Å². The fraction of sp³-hybridized carbons (Fsp3) is 0.692. The molecule has 0 fully saturated rings. The summed E-state index contributed by atoms with van der Waals surface area (Å²) in [5.74, 6) is 1.63. The maximum Gasteiger partial charge on any atom is 0.346 e. The van der Waals surface area contributed by atoms with Crippen molar-refractivity contribution in [2.75, 3.05) is 33.8 Å². The van der Waals surface area contributed by atoms with Crippen molar-refractivity contribution in [2.45, 2.75) is 20.3 Å². The molecule has 5 nitrogen and oxygen atoms in total. The zero-order valence-corrected chi connectivity index (χ0v) is 11.6. The van der Waals surface area contributed by atoms with Crippen molar-refractivity contribution in [3.05, 3.63) is 17.1 Å². The van der Waals surface area contributed by atoms with E-state index < -0.39 is 11.7 Å². The lowest BCUT2D eigenvalue weighted by atomic mass is 10.1. The van der Waals surface area contributed by atoms with E-state index in [2.05, 4.69) is 32.8 Å². The number of nitrogens with zero attached hydrogens (tertiary/aromatic N) is 2. The van der Waals surface area contributed by atoms with Crippen LogP contribution >= 0.6 is 0 Å². The minimum absolute atomic E-state index is 0.253. The van der Waals surface area contributed by atoms with Crippen LogP contribution in [0.25, 0.3) is 4.85 Å². The topological polar surface area (TPSA) is 54.5 Å². The Kier molecular flexibility index (Phi) is 6.96. The summed E-state index contributed by atoms with van der Waals surface area (Å²) >= 11 is 0. The third kappa shape index (κ3) is 6.19. The van der Waals surface area contributed by atoms with Crippen LogP contribution in [-0.4, -0.2) is 50.1 Å². The van der Waals surface area contributed by atoms with Crippen LogP contribution in [0.2, 0.25) is 0 Å². The standard InChI is InChI=1S/C13H22N3O2/c1-6-11(2)10-16(4,5)7-8-18-13(17)12(9-14)15-3/h11,14H,6-8,10H2,1-2,4-5H3/q+1. The number of hydrogen-bond acceptors (Lipinski definition) is 3. The molecule has 0 heterocycles. The zero-order valence-electron chi connectivity index (χ0n) is 11.6. The minimum atomic E-state index is -0.761. The second-order valence-electron chi connectivity index (χ2n) is 5.08. The average Bonchev–Trinajstić information content (AvgIpc) is 2.29. The number of hydrogen-bond donors (Lipinski definition) is 1. The van der Waals surface area contributed by atoms with Crippen LogP contribution in [-0.2, 0) is 9.53 Å². The summed E-state index contributed by atoms with van der Waals surface area (Å²) in [5, 5.41) is 6.76. The van der Waals surface area contributed by atoms with E-state index in [9.17, 15) is 4.79 Å². The van der Waals surface area contributed by atoms with Crippen LogP contribution < -0.4 is 0 Å². The predicted octanol–water partition coefficient (Wildman–Crippen LogP) is 1.70. The molecule has 5 heteroatoms. The molecule has 0 bridgehead atoms. The lowest BCUT2D eigenvalue weighted by molar-refractivity contribution is -0.893. The molecule has 0 saturated carbocycles. The Morgan fingerprint density at radius 2 is 2.17 bits per heavy atom. The first-order valence-corrected chi connectivity index (χ1v) is 6.02. The summed E-state index contributed by atoms with van der Waals surface area (Å²) in [6, 6.07) is 0. The number of esters is 1. The molecule has 18 heavy (non-hydrogen) atoms. The Hall–Kier alpha value is -1.63. The van der Waals surface area contributed by atoms with Gasteiger partial charge in [0.1, 0.15) is 13.2 Å². The van der Waals surface area contributed by atoms with Crippen molar-refractivity contribution in [1.29, 1.82) is 5.41 Å². The van der Waals surface area contributed by atoms with Crippen molar-refractivity contribution in [3.8, 4) is 0 Å². The molecule has 1 N–H and O–H groups in total. The highest BCUT2D eigenvalue weighted by Gasteiger charge is 2.19. The maximum atomic E-state index is 11.3. The molecular formula is C13H22N3O2+. The number of rotatable bonds is 7. The molecule has 0 spiro atoms. The number of ether oxygens (including phenoxy) is 1. The van der Waals surface area contributed by atoms with Gasteiger partial charge in [-0.2, -0.15) is 0 Å². The van der Waals surface area contributed by atoms with Crippen molar-refractivity contribution in [1.82, 2.24) is 0 Å². The molecule has 0 aromatic heterocycles. The van der Waals surface area contributed by atoms with Gasteiger partial charge in [0.05, 0.1) is 27.2 Å². The lowest BCUT2D eigenvalue weighted by Crippen LogP contribution is -2.45. The van der Waals surface area contributed by atoms with E-state index in [1.165, 1.54) is 0 Å². The summed E-state index contributed by atoms with van der Waals surface area (Å²) < 4.78 is 5.72. The number of carbonyl (C=O) groups excluding carboxylic acids is 1. The molecule has 0 rings (SSSR count). The first-order chi connectivity index (χ1) is 8.36. The Balaban J connectivity index is 4.16. The normalized spacial score (nSPS) is 12.2. The van der Waals surface area contributed by atoms with Crippen LogP contribution in [0.3, 0.4) is 0 Å². The molecule has 0 aromatic carbocycles. The molecule has 0 saturated heterocycles. The molecule has 0 aliphatic rings. The Labute approximate surface area is 109 Å². The van der Waals surface area contributed by atoms with Gasteiger partial charge in [-0.1, -0.05) is 13.8 Å². The first kappa shape index (κ1) is 16.4. The van der Waals surface area contributed by atoms with Crippen LogP contribution in [0.4, 0.5) is 0 Å². The summed E-state index contributed by atoms with van der Waals surface area (Å²) in [4.78, 5) is 14.2. The Morgan fingerprint density at radius 3 is 2.61 bits per heavy atom. The second kappa shape index (κ2) is 7.65. The minimum Gasteiger partial charge on any atom is -0.464 e. The van der Waals surface area contributed by atoms with Gasteiger partial charge in [-0.25, -0.2) is 4.85 Å². The van der Waals surface area contributed by atoms with Crippen molar-refractivity contribution in [3.63, 3.8) is 0 Å². The summed E-state index contributed by atoms with van der Waals surface area (Å²) in [6.45, 7) is 13.0. The van der Waals surface area contributed by atoms with E-state index in [1.54, 1.807) is 5.87 Å². The van der Waals surface area contributed by atoms with Crippen molar-refractivity contribution >= 4 is 11.8 Å². The third-order valence-electron chi connectivity index (χ3n) is 2.86. The fourth-order valence-electron chi connectivity index (χ4n) is 1.64. The average molecular weight is 252 g/mol. The van der Waals surface area contributed by atoms with Gasteiger partial charge in [0.15, 0.2) is 0 Å². The largest absolute Gasteiger partial charge is 0.464 e. The molecule has 0 aliphatic carbocycles. The van der Waals surface area contributed by atoms with Gasteiger partial charge in [0.25, 0.3) is 0 Å². The summed E-state index contributed by atoms with van der Waals surface area (Å²) in [6.07, 6.45) is 1.12. The quantitative estimate of drug-likeness (QED) is 0.246. The van der Waals surface area contributed by atoms with Crippen molar-refractivity contribution < 1.29 is 14.0 Å². The molecule has 1 unspecified atom stereocenters. The van der Waals surface area contributed by atoms with E-state index in [-0.39, 0.29) is 6.61 Å². The van der Waals surface area contributed by atoms with Gasteiger partial charge in [-0.05, 0) is 12.3 Å². The van der Waals surface area contributed by atoms with Gasteiger partial charge in [-0.3, -0.25) is 10.2 Å². The van der Waals surface area contributed by atoms with Crippen LogP contribution in [0, 0.1) is 17.9 Å².